The average Bonchev–Trinajstić information content (AvgIpc) is 1.94. The maximum Gasteiger partial charge on any atom is 0.0672 e. The molecule has 2 heteroatoms. The van der Waals surface area contributed by atoms with E-state index in [4.69, 9.17) is 4.74 Å². The summed E-state index contributed by atoms with van der Waals surface area (Å²) in [6, 6.07) is 0. The first-order valence-corrected chi connectivity index (χ1v) is 3.72. The van der Waals surface area contributed by atoms with E-state index in [2.05, 4.69) is 12.2 Å². The van der Waals surface area contributed by atoms with E-state index < -0.39 is 0 Å². The van der Waals surface area contributed by atoms with E-state index in [1.807, 2.05) is 13.8 Å². The predicted octanol–water partition coefficient (Wildman–Crippen LogP) is 1.02. The quantitative estimate of drug-likeness (QED) is 0.530. The maximum absolute atomic E-state index is 5.22. The van der Waals surface area contributed by atoms with E-state index in [0.29, 0.717) is 6.10 Å². The molecular formula is C7H17NO. The van der Waals surface area contributed by atoms with Crippen molar-refractivity contribution >= 4 is 0 Å². The lowest BCUT2D eigenvalue weighted by molar-refractivity contribution is 0.0410. The minimum absolute atomic E-state index is 0.425. The Labute approximate surface area is 57.6 Å². The zero-order valence-electron chi connectivity index (χ0n) is 6.61. The lowest BCUT2D eigenvalue weighted by Gasteiger charge is -2.18. The highest BCUT2D eigenvalue weighted by Crippen LogP contribution is 1.91. The van der Waals surface area contributed by atoms with Crippen LogP contribution in [0.2, 0.25) is 0 Å². The first-order chi connectivity index (χ1) is 4.39. The minimum atomic E-state index is 0.425. The van der Waals surface area contributed by atoms with E-state index in [0.717, 1.165) is 19.7 Å². The van der Waals surface area contributed by atoms with Crippen molar-refractivity contribution in [3.63, 3.8) is 0 Å². The second kappa shape index (κ2) is 6.05. The summed E-state index contributed by atoms with van der Waals surface area (Å²) in [6.07, 6.45) is 0.425. The van der Waals surface area contributed by atoms with Gasteiger partial charge in [0.25, 0.3) is 0 Å². The van der Waals surface area contributed by atoms with Gasteiger partial charge >= 0.3 is 0 Å². The molecule has 2 nitrogen and oxygen atoms in total. The number of hydrogen-bond donors (Lipinski definition) is 1. The third kappa shape index (κ3) is 4.43. The van der Waals surface area contributed by atoms with Crippen molar-refractivity contribution in [2.24, 2.45) is 0 Å². The van der Waals surface area contributed by atoms with Crippen LogP contribution in [0.4, 0.5) is 0 Å². The topological polar surface area (TPSA) is 21.3 Å². The van der Waals surface area contributed by atoms with Gasteiger partial charge in [-0.2, -0.15) is 0 Å². The Morgan fingerprint density at radius 1 is 1.44 bits per heavy atom. The number of hydrogen-bond acceptors (Lipinski definition) is 2. The van der Waals surface area contributed by atoms with Crippen molar-refractivity contribution in [3.05, 3.63) is 0 Å². The van der Waals surface area contributed by atoms with E-state index in [-0.39, 0.29) is 0 Å². The van der Waals surface area contributed by atoms with Crippen molar-refractivity contribution in [1.82, 2.24) is 5.32 Å². The Morgan fingerprint density at radius 3 is 2.33 bits per heavy atom. The number of nitrogens with one attached hydrogen (secondary N) is 1. The van der Waals surface area contributed by atoms with Crippen molar-refractivity contribution in [2.75, 3.05) is 19.7 Å². The molecule has 0 saturated carbocycles. The first-order valence-electron chi connectivity index (χ1n) is 3.72. The van der Waals surface area contributed by atoms with Gasteiger partial charge in [0.15, 0.2) is 0 Å². The fourth-order valence-electron chi connectivity index (χ4n) is 0.697. The molecule has 0 spiro atoms. The molecule has 1 atom stereocenters. The minimum Gasteiger partial charge on any atom is -0.376 e. The van der Waals surface area contributed by atoms with Gasteiger partial charge in [-0.1, -0.05) is 13.8 Å². The molecule has 0 bridgehead atoms. The molecular weight excluding hydrogens is 114 g/mol. The maximum atomic E-state index is 5.22. The lowest BCUT2D eigenvalue weighted by Crippen LogP contribution is -2.36. The van der Waals surface area contributed by atoms with Crippen LogP contribution in [-0.2, 0) is 4.74 Å². The number of ether oxygens (including phenoxy) is 1. The van der Waals surface area contributed by atoms with Crippen LogP contribution in [-0.4, -0.2) is 25.8 Å². The summed E-state index contributed by atoms with van der Waals surface area (Å²) < 4.78 is 5.22. The van der Waals surface area contributed by atoms with Gasteiger partial charge in [-0.05, 0) is 6.92 Å². The summed E-state index contributed by atoms with van der Waals surface area (Å²) in [5, 5.41) is 3.21. The highest BCUT2D eigenvalue weighted by molar-refractivity contribution is 4.59. The summed E-state index contributed by atoms with van der Waals surface area (Å²) >= 11 is 0. The van der Waals surface area contributed by atoms with E-state index >= 15 is 0 Å². The first kappa shape index (κ1) is 8.92. The van der Waals surface area contributed by atoms with Gasteiger partial charge in [-0.3, -0.25) is 0 Å². The van der Waals surface area contributed by atoms with Crippen molar-refractivity contribution in [3.8, 4) is 0 Å². The van der Waals surface area contributed by atoms with Crippen LogP contribution in [0, 0.1) is 0 Å². The molecule has 0 aromatic heterocycles. The highest BCUT2D eigenvalue weighted by Gasteiger charge is 2.04. The molecule has 1 rings (SSSR count). The van der Waals surface area contributed by atoms with Crippen LogP contribution in [0.3, 0.4) is 0 Å². The molecule has 1 aliphatic rings. The summed E-state index contributed by atoms with van der Waals surface area (Å²) in [5.74, 6) is 0. The monoisotopic (exact) mass is 131 g/mol. The summed E-state index contributed by atoms with van der Waals surface area (Å²) in [6.45, 7) is 8.98. The molecule has 1 unspecified atom stereocenters. The Kier molecular flexibility index (Phi) is 5.99. The Hall–Kier alpha value is -0.0800. The SMILES string of the molecule is CC.CC1CNCCO1. The van der Waals surface area contributed by atoms with Gasteiger partial charge in [0.2, 0.25) is 0 Å². The van der Waals surface area contributed by atoms with Crippen molar-refractivity contribution in [1.29, 1.82) is 0 Å². The van der Waals surface area contributed by atoms with Crippen molar-refractivity contribution in [2.45, 2.75) is 26.9 Å². The molecule has 1 N–H and O–H groups in total. The molecule has 56 valence electrons. The summed E-state index contributed by atoms with van der Waals surface area (Å²) in [5.41, 5.74) is 0. The zero-order chi connectivity index (χ0) is 7.11. The molecule has 0 aromatic rings. The highest BCUT2D eigenvalue weighted by atomic mass is 16.5. The lowest BCUT2D eigenvalue weighted by atomic mass is 10.3. The standard InChI is InChI=1S/C5H11NO.C2H6/c1-5-4-6-2-3-7-5;1-2/h5-6H,2-4H2,1H3;1-2H3. The van der Waals surface area contributed by atoms with Gasteiger partial charge in [0.05, 0.1) is 12.7 Å². The van der Waals surface area contributed by atoms with Crippen molar-refractivity contribution < 1.29 is 4.74 Å². The second-order valence-corrected chi connectivity index (χ2v) is 1.89. The van der Waals surface area contributed by atoms with Gasteiger partial charge in [-0.25, -0.2) is 0 Å². The third-order valence-electron chi connectivity index (χ3n) is 1.11. The largest absolute Gasteiger partial charge is 0.376 e. The molecule has 0 radical (unpaired) electrons. The molecule has 1 aliphatic heterocycles. The normalized spacial score (nSPS) is 26.3. The predicted molar refractivity (Wildman–Crippen MR) is 39.6 cm³/mol. The van der Waals surface area contributed by atoms with Crippen LogP contribution in [0.15, 0.2) is 0 Å². The summed E-state index contributed by atoms with van der Waals surface area (Å²) in [7, 11) is 0. The van der Waals surface area contributed by atoms with E-state index in [1.165, 1.54) is 0 Å². The Bertz CT molecular complexity index is 50.9. The zero-order valence-corrected chi connectivity index (χ0v) is 6.61. The van der Waals surface area contributed by atoms with Gasteiger partial charge in [0.1, 0.15) is 0 Å². The number of rotatable bonds is 0. The molecule has 0 amide bonds. The third-order valence-corrected chi connectivity index (χ3v) is 1.11. The van der Waals surface area contributed by atoms with Crippen LogP contribution >= 0.6 is 0 Å². The van der Waals surface area contributed by atoms with Crippen LogP contribution in [0.1, 0.15) is 20.8 Å². The average molecular weight is 131 g/mol. The molecule has 1 heterocycles. The Balaban J connectivity index is 0.000000291. The van der Waals surface area contributed by atoms with Crippen LogP contribution in [0.25, 0.3) is 0 Å². The second-order valence-electron chi connectivity index (χ2n) is 1.89. The Morgan fingerprint density at radius 2 is 2.11 bits per heavy atom. The number of morpholine rings is 1. The van der Waals surface area contributed by atoms with Crippen LogP contribution in [0.5, 0.6) is 0 Å². The van der Waals surface area contributed by atoms with Gasteiger partial charge in [-0.15, -0.1) is 0 Å². The molecule has 1 saturated heterocycles. The van der Waals surface area contributed by atoms with E-state index in [9.17, 15) is 0 Å². The summed E-state index contributed by atoms with van der Waals surface area (Å²) in [4.78, 5) is 0. The molecule has 0 aromatic carbocycles. The van der Waals surface area contributed by atoms with Gasteiger partial charge in [0, 0.05) is 13.1 Å². The fraction of sp³-hybridized carbons (Fsp3) is 1.00. The van der Waals surface area contributed by atoms with E-state index in [1.54, 1.807) is 0 Å². The fourth-order valence-corrected chi connectivity index (χ4v) is 0.697. The van der Waals surface area contributed by atoms with Gasteiger partial charge < -0.3 is 10.1 Å². The smallest absolute Gasteiger partial charge is 0.0672 e. The van der Waals surface area contributed by atoms with Crippen LogP contribution < -0.4 is 5.32 Å². The molecule has 1 fully saturated rings. The molecule has 9 heavy (non-hydrogen) atoms. The molecule has 0 aliphatic carbocycles.